The summed E-state index contributed by atoms with van der Waals surface area (Å²) in [6.07, 6.45) is 0.0366. The van der Waals surface area contributed by atoms with Crippen LogP contribution in [0.15, 0.2) is 83.9 Å². The normalized spacial score (nSPS) is 13.8. The minimum atomic E-state index is -0.963. The van der Waals surface area contributed by atoms with Gasteiger partial charge in [-0.1, -0.05) is 92.7 Å². The van der Waals surface area contributed by atoms with E-state index in [1.54, 1.807) is 7.05 Å². The third kappa shape index (κ3) is 8.37. The van der Waals surface area contributed by atoms with Crippen molar-refractivity contribution >= 4 is 23.9 Å². The molecule has 0 saturated carbocycles. The number of hydrogen-bond donors (Lipinski definition) is 4. The third-order valence-electron chi connectivity index (χ3n) is 7.61. The number of carbonyl (C=O) groups is 3. The number of nitrogens with one attached hydrogen (secondary N) is 3. The summed E-state index contributed by atoms with van der Waals surface area (Å²) in [5, 5.41) is 8.46. The maximum atomic E-state index is 13.5. The Bertz CT molecular complexity index is 1410. The first-order chi connectivity index (χ1) is 21.3. The predicted molar refractivity (Wildman–Crippen MR) is 170 cm³/mol. The molecule has 2 amide bonds. The summed E-state index contributed by atoms with van der Waals surface area (Å²) >= 11 is 0. The maximum absolute atomic E-state index is 13.5. The van der Waals surface area contributed by atoms with Crippen molar-refractivity contribution in [3.05, 3.63) is 95.6 Å². The fraction of sp³-hybridized carbons (Fsp3) is 0.353. The first kappa shape index (κ1) is 32.1. The van der Waals surface area contributed by atoms with Crippen LogP contribution in [0.5, 0.6) is 0 Å². The van der Waals surface area contributed by atoms with Crippen molar-refractivity contribution in [3.63, 3.8) is 0 Å². The number of carbonyl (C=O) groups excluding carboxylic acids is 3. The molecule has 0 saturated heterocycles. The van der Waals surface area contributed by atoms with Crippen molar-refractivity contribution < 1.29 is 23.9 Å². The maximum Gasteiger partial charge on any atom is 0.407 e. The molecule has 0 fully saturated rings. The molecular formula is C34H41N5O5. The summed E-state index contributed by atoms with van der Waals surface area (Å²) < 4.78 is 11.2. The summed E-state index contributed by atoms with van der Waals surface area (Å²) in [6, 6.07) is 23.6. The molecule has 4 rings (SSSR count). The first-order valence-electron chi connectivity index (χ1n) is 14.9. The number of esters is 1. The molecule has 10 nitrogen and oxygen atoms in total. The van der Waals surface area contributed by atoms with Gasteiger partial charge in [0, 0.05) is 19.5 Å². The van der Waals surface area contributed by atoms with Gasteiger partial charge in [-0.05, 0) is 46.6 Å². The first-order valence-corrected chi connectivity index (χ1v) is 14.9. The number of rotatable bonds is 13. The fourth-order valence-electron chi connectivity index (χ4n) is 5.22. The molecule has 232 valence electrons. The van der Waals surface area contributed by atoms with E-state index in [1.165, 1.54) is 0 Å². The summed E-state index contributed by atoms with van der Waals surface area (Å²) in [5.74, 6) is -1.15. The lowest BCUT2D eigenvalue weighted by atomic mass is 9.98. The van der Waals surface area contributed by atoms with Crippen LogP contribution in [0.2, 0.25) is 0 Å². The van der Waals surface area contributed by atoms with Crippen LogP contribution in [0, 0.1) is 5.92 Å². The van der Waals surface area contributed by atoms with E-state index in [1.807, 2.05) is 80.6 Å². The van der Waals surface area contributed by atoms with E-state index in [-0.39, 0.29) is 37.4 Å². The number of ether oxygens (including phenoxy) is 2. The molecule has 1 aliphatic carbocycles. The van der Waals surface area contributed by atoms with Crippen molar-refractivity contribution in [2.75, 3.05) is 20.2 Å². The Morgan fingerprint density at radius 3 is 2.09 bits per heavy atom. The standard InChI is InChI=1S/C34H41N5O5/c1-22(2)30(32(41)43-20-23-12-5-4-6-13-23)39-31(40)29(18-11-19-37-33(35)36-3)38-34(42)44-21-28-26-16-9-7-14-24(26)25-15-8-10-17-27(25)28/h4-10,12-17,22,28-30H,11,18-21H2,1-3H3,(H,38,42)(H,39,40)(H3,35,36,37)/t29-,30+/m1/s1. The van der Waals surface area contributed by atoms with E-state index in [9.17, 15) is 14.4 Å². The molecule has 3 aromatic carbocycles. The monoisotopic (exact) mass is 599 g/mol. The van der Waals surface area contributed by atoms with E-state index in [4.69, 9.17) is 15.2 Å². The van der Waals surface area contributed by atoms with Gasteiger partial charge in [-0.3, -0.25) is 9.79 Å². The fourth-order valence-corrected chi connectivity index (χ4v) is 5.22. The van der Waals surface area contributed by atoms with Crippen LogP contribution in [0.3, 0.4) is 0 Å². The Labute approximate surface area is 258 Å². The van der Waals surface area contributed by atoms with Gasteiger partial charge in [0.2, 0.25) is 5.91 Å². The third-order valence-corrected chi connectivity index (χ3v) is 7.61. The number of nitrogens with two attached hydrogens (primary N) is 1. The lowest BCUT2D eigenvalue weighted by Gasteiger charge is -2.25. The van der Waals surface area contributed by atoms with Crippen LogP contribution in [-0.2, 0) is 25.7 Å². The molecule has 1 aliphatic rings. The minimum absolute atomic E-state index is 0.0895. The van der Waals surface area contributed by atoms with Gasteiger partial charge < -0.3 is 31.2 Å². The Morgan fingerprint density at radius 2 is 1.48 bits per heavy atom. The van der Waals surface area contributed by atoms with Gasteiger partial charge in [0.25, 0.3) is 0 Å². The zero-order valence-electron chi connectivity index (χ0n) is 25.4. The SMILES string of the molecule is CN=C(N)NCCC[C@@H](NC(=O)OCC1c2ccccc2-c2ccccc21)C(=O)N[C@H](C(=O)OCc1ccccc1)C(C)C. The summed E-state index contributed by atoms with van der Waals surface area (Å²) in [5.41, 5.74) is 11.0. The lowest BCUT2D eigenvalue weighted by molar-refractivity contribution is -0.150. The lowest BCUT2D eigenvalue weighted by Crippen LogP contribution is -2.53. The van der Waals surface area contributed by atoms with Gasteiger partial charge in [0.1, 0.15) is 25.3 Å². The molecule has 5 N–H and O–H groups in total. The molecular weight excluding hydrogens is 558 g/mol. The number of guanidine groups is 1. The zero-order chi connectivity index (χ0) is 31.5. The van der Waals surface area contributed by atoms with E-state index >= 15 is 0 Å². The second kappa shape index (κ2) is 15.6. The highest BCUT2D eigenvalue weighted by molar-refractivity contribution is 5.90. The van der Waals surface area contributed by atoms with Gasteiger partial charge in [-0.2, -0.15) is 0 Å². The van der Waals surface area contributed by atoms with Crippen LogP contribution < -0.4 is 21.7 Å². The Hall–Kier alpha value is -4.86. The minimum Gasteiger partial charge on any atom is -0.459 e. The van der Waals surface area contributed by atoms with Crippen molar-refractivity contribution in [3.8, 4) is 11.1 Å². The molecule has 0 aromatic heterocycles. The highest BCUT2D eigenvalue weighted by Gasteiger charge is 2.32. The van der Waals surface area contributed by atoms with Crippen molar-refractivity contribution in [1.29, 1.82) is 0 Å². The zero-order valence-corrected chi connectivity index (χ0v) is 25.4. The molecule has 0 aliphatic heterocycles. The largest absolute Gasteiger partial charge is 0.459 e. The number of fused-ring (bicyclic) bond motifs is 3. The average Bonchev–Trinajstić information content (AvgIpc) is 3.36. The number of nitrogens with zero attached hydrogens (tertiary/aromatic N) is 1. The molecule has 0 spiro atoms. The number of alkyl carbamates (subject to hydrolysis) is 1. The molecule has 44 heavy (non-hydrogen) atoms. The van der Waals surface area contributed by atoms with Gasteiger partial charge in [0.15, 0.2) is 5.96 Å². The number of amides is 2. The van der Waals surface area contributed by atoms with Crippen molar-refractivity contribution in [1.82, 2.24) is 16.0 Å². The molecule has 3 aromatic rings. The highest BCUT2D eigenvalue weighted by atomic mass is 16.5. The summed E-state index contributed by atoms with van der Waals surface area (Å²) in [7, 11) is 1.57. The van der Waals surface area contributed by atoms with Gasteiger partial charge in [-0.15, -0.1) is 0 Å². The number of aliphatic imine (C=N–C) groups is 1. The summed E-state index contributed by atoms with van der Waals surface area (Å²) in [4.78, 5) is 43.4. The van der Waals surface area contributed by atoms with Crippen LogP contribution >= 0.6 is 0 Å². The quantitative estimate of drug-likeness (QED) is 0.100. The molecule has 0 radical (unpaired) electrons. The Balaban J connectivity index is 1.40. The topological polar surface area (TPSA) is 144 Å². The van der Waals surface area contributed by atoms with Gasteiger partial charge in [0.05, 0.1) is 0 Å². The summed E-state index contributed by atoms with van der Waals surface area (Å²) in [6.45, 7) is 4.27. The molecule has 10 heteroatoms. The second-order valence-electron chi connectivity index (χ2n) is 11.0. The van der Waals surface area contributed by atoms with E-state index in [0.717, 1.165) is 27.8 Å². The van der Waals surface area contributed by atoms with Crippen LogP contribution in [0.1, 0.15) is 49.3 Å². The molecule has 0 bridgehead atoms. The Morgan fingerprint density at radius 1 is 0.864 bits per heavy atom. The van der Waals surface area contributed by atoms with E-state index in [0.29, 0.717) is 13.0 Å². The molecule has 0 heterocycles. The van der Waals surface area contributed by atoms with Gasteiger partial charge >= 0.3 is 12.1 Å². The molecule has 0 unspecified atom stereocenters. The predicted octanol–water partition coefficient (Wildman–Crippen LogP) is 4.09. The van der Waals surface area contributed by atoms with Gasteiger partial charge in [-0.25, -0.2) is 9.59 Å². The smallest absolute Gasteiger partial charge is 0.407 e. The Kier molecular flexibility index (Phi) is 11.3. The van der Waals surface area contributed by atoms with E-state index in [2.05, 4.69) is 33.1 Å². The van der Waals surface area contributed by atoms with Crippen LogP contribution in [0.4, 0.5) is 4.79 Å². The molecule has 2 atom stereocenters. The second-order valence-corrected chi connectivity index (χ2v) is 11.0. The van der Waals surface area contributed by atoms with Crippen LogP contribution in [0.25, 0.3) is 11.1 Å². The van der Waals surface area contributed by atoms with Crippen molar-refractivity contribution in [2.24, 2.45) is 16.6 Å². The van der Waals surface area contributed by atoms with E-state index < -0.39 is 30.1 Å². The average molecular weight is 600 g/mol. The highest BCUT2D eigenvalue weighted by Crippen LogP contribution is 2.44. The number of hydrogen-bond acceptors (Lipinski definition) is 6. The van der Waals surface area contributed by atoms with Crippen molar-refractivity contribution in [2.45, 2.75) is 51.3 Å². The van der Waals surface area contributed by atoms with Crippen LogP contribution in [-0.4, -0.2) is 56.2 Å². The number of benzene rings is 3.